The predicted octanol–water partition coefficient (Wildman–Crippen LogP) is 4.55. The van der Waals surface area contributed by atoms with Crippen molar-refractivity contribution in [2.75, 3.05) is 6.54 Å². The third-order valence-electron chi connectivity index (χ3n) is 2.72. The maximum absolute atomic E-state index is 5.90. The number of rotatable bonds is 4. The minimum absolute atomic E-state index is 0.311. The van der Waals surface area contributed by atoms with E-state index >= 15 is 0 Å². The van der Waals surface area contributed by atoms with Crippen molar-refractivity contribution >= 4 is 27.7 Å². The molecule has 18 heavy (non-hydrogen) atoms. The van der Waals surface area contributed by atoms with Gasteiger partial charge in [0.1, 0.15) is 0 Å². The van der Waals surface area contributed by atoms with E-state index in [1.165, 1.54) is 16.0 Å². The molecule has 2 aromatic rings. The zero-order chi connectivity index (χ0) is 13.0. The van der Waals surface area contributed by atoms with Gasteiger partial charge in [-0.05, 0) is 36.8 Å². The SMILES string of the molecule is Cc1cccc(C(CN)Sc2ccc(Br)cc2)c1. The molecule has 0 saturated carbocycles. The molecule has 0 radical (unpaired) electrons. The molecule has 1 unspecified atom stereocenters. The molecule has 0 heterocycles. The normalized spacial score (nSPS) is 12.4. The summed E-state index contributed by atoms with van der Waals surface area (Å²) >= 11 is 5.26. The summed E-state index contributed by atoms with van der Waals surface area (Å²) < 4.78 is 1.10. The number of thioether (sulfide) groups is 1. The molecular formula is C15H16BrNS. The maximum Gasteiger partial charge on any atom is 0.0466 e. The van der Waals surface area contributed by atoms with Crippen molar-refractivity contribution in [3.8, 4) is 0 Å². The van der Waals surface area contributed by atoms with Crippen LogP contribution in [0.15, 0.2) is 57.9 Å². The molecule has 0 fully saturated rings. The van der Waals surface area contributed by atoms with E-state index in [4.69, 9.17) is 5.73 Å². The van der Waals surface area contributed by atoms with Crippen molar-refractivity contribution in [1.29, 1.82) is 0 Å². The van der Waals surface area contributed by atoms with Crippen LogP contribution in [0, 0.1) is 6.92 Å². The van der Waals surface area contributed by atoms with Gasteiger partial charge in [-0.2, -0.15) is 0 Å². The fraction of sp³-hybridized carbons (Fsp3) is 0.200. The molecule has 0 aliphatic rings. The Labute approximate surface area is 121 Å². The van der Waals surface area contributed by atoms with Crippen LogP contribution in [0.5, 0.6) is 0 Å². The quantitative estimate of drug-likeness (QED) is 0.836. The van der Waals surface area contributed by atoms with Gasteiger partial charge in [0, 0.05) is 21.2 Å². The Morgan fingerprint density at radius 3 is 2.50 bits per heavy atom. The maximum atomic E-state index is 5.90. The molecule has 0 saturated heterocycles. The lowest BCUT2D eigenvalue weighted by Crippen LogP contribution is -2.09. The average Bonchev–Trinajstić information content (AvgIpc) is 2.38. The molecule has 1 atom stereocenters. The number of hydrogen-bond acceptors (Lipinski definition) is 2. The highest BCUT2D eigenvalue weighted by molar-refractivity contribution is 9.10. The molecule has 2 aromatic carbocycles. The van der Waals surface area contributed by atoms with Crippen LogP contribution in [0.2, 0.25) is 0 Å². The Bertz CT molecular complexity index is 510. The zero-order valence-corrected chi connectivity index (χ0v) is 12.7. The molecular weight excluding hydrogens is 306 g/mol. The Morgan fingerprint density at radius 2 is 1.89 bits per heavy atom. The molecule has 0 bridgehead atoms. The van der Waals surface area contributed by atoms with E-state index in [1.807, 2.05) is 11.8 Å². The summed E-state index contributed by atoms with van der Waals surface area (Å²) in [5, 5.41) is 0.311. The third kappa shape index (κ3) is 3.61. The van der Waals surface area contributed by atoms with Crippen molar-refractivity contribution in [3.05, 3.63) is 64.1 Å². The molecule has 2 N–H and O–H groups in total. The minimum atomic E-state index is 0.311. The molecule has 0 aromatic heterocycles. The number of hydrogen-bond donors (Lipinski definition) is 1. The number of aryl methyl sites for hydroxylation is 1. The topological polar surface area (TPSA) is 26.0 Å². The second-order valence-electron chi connectivity index (χ2n) is 4.21. The second kappa shape index (κ2) is 6.41. The van der Waals surface area contributed by atoms with Crippen LogP contribution in [0.4, 0.5) is 0 Å². The van der Waals surface area contributed by atoms with Gasteiger partial charge in [0.25, 0.3) is 0 Å². The van der Waals surface area contributed by atoms with E-state index in [9.17, 15) is 0 Å². The number of nitrogens with two attached hydrogens (primary N) is 1. The van der Waals surface area contributed by atoms with Crippen molar-refractivity contribution in [2.24, 2.45) is 5.73 Å². The fourth-order valence-corrected chi connectivity index (χ4v) is 3.07. The van der Waals surface area contributed by atoms with Gasteiger partial charge in [0.15, 0.2) is 0 Å². The van der Waals surface area contributed by atoms with Crippen molar-refractivity contribution in [3.63, 3.8) is 0 Å². The molecule has 0 spiro atoms. The highest BCUT2D eigenvalue weighted by atomic mass is 79.9. The van der Waals surface area contributed by atoms with E-state index in [0.29, 0.717) is 11.8 Å². The highest BCUT2D eigenvalue weighted by Gasteiger charge is 2.11. The summed E-state index contributed by atoms with van der Waals surface area (Å²) in [4.78, 5) is 1.25. The monoisotopic (exact) mass is 321 g/mol. The Hall–Kier alpha value is -0.770. The molecule has 94 valence electrons. The van der Waals surface area contributed by atoms with Crippen LogP contribution in [0.25, 0.3) is 0 Å². The van der Waals surface area contributed by atoms with Gasteiger partial charge >= 0.3 is 0 Å². The van der Waals surface area contributed by atoms with Gasteiger partial charge in [0.2, 0.25) is 0 Å². The summed E-state index contributed by atoms with van der Waals surface area (Å²) in [7, 11) is 0. The standard InChI is InChI=1S/C15H16BrNS/c1-11-3-2-4-12(9-11)15(10-17)18-14-7-5-13(16)6-8-14/h2-9,15H,10,17H2,1H3. The summed E-state index contributed by atoms with van der Waals surface area (Å²) in [5.41, 5.74) is 8.48. The third-order valence-corrected chi connectivity index (χ3v) is 4.54. The van der Waals surface area contributed by atoms with E-state index < -0.39 is 0 Å². The first-order valence-electron chi connectivity index (χ1n) is 5.88. The zero-order valence-electron chi connectivity index (χ0n) is 10.3. The number of benzene rings is 2. The van der Waals surface area contributed by atoms with E-state index in [2.05, 4.69) is 71.4 Å². The first-order chi connectivity index (χ1) is 8.69. The van der Waals surface area contributed by atoms with Gasteiger partial charge in [-0.25, -0.2) is 0 Å². The van der Waals surface area contributed by atoms with Crippen molar-refractivity contribution in [1.82, 2.24) is 0 Å². The molecule has 0 amide bonds. The lowest BCUT2D eigenvalue weighted by atomic mass is 10.1. The van der Waals surface area contributed by atoms with Crippen LogP contribution in [0.1, 0.15) is 16.4 Å². The second-order valence-corrected chi connectivity index (χ2v) is 6.40. The van der Waals surface area contributed by atoms with Crippen LogP contribution in [-0.4, -0.2) is 6.54 Å². The van der Waals surface area contributed by atoms with Crippen LogP contribution in [-0.2, 0) is 0 Å². The fourth-order valence-electron chi connectivity index (χ4n) is 1.80. The summed E-state index contributed by atoms with van der Waals surface area (Å²) in [6.07, 6.45) is 0. The van der Waals surface area contributed by atoms with Gasteiger partial charge in [0.05, 0.1) is 0 Å². The average molecular weight is 322 g/mol. The molecule has 0 aliphatic heterocycles. The van der Waals surface area contributed by atoms with Gasteiger partial charge in [-0.1, -0.05) is 45.8 Å². The van der Waals surface area contributed by atoms with E-state index in [-0.39, 0.29) is 0 Å². The van der Waals surface area contributed by atoms with E-state index in [0.717, 1.165) is 4.47 Å². The van der Waals surface area contributed by atoms with Crippen molar-refractivity contribution in [2.45, 2.75) is 17.1 Å². The molecule has 0 aliphatic carbocycles. The Morgan fingerprint density at radius 1 is 1.17 bits per heavy atom. The largest absolute Gasteiger partial charge is 0.329 e. The minimum Gasteiger partial charge on any atom is -0.329 e. The van der Waals surface area contributed by atoms with Gasteiger partial charge in [-0.15, -0.1) is 11.8 Å². The Balaban J connectivity index is 2.17. The molecule has 3 heteroatoms. The highest BCUT2D eigenvalue weighted by Crippen LogP contribution is 2.35. The smallest absolute Gasteiger partial charge is 0.0466 e. The summed E-state index contributed by atoms with van der Waals surface area (Å²) in [5.74, 6) is 0. The Kier molecular flexibility index (Phi) is 4.87. The first-order valence-corrected chi connectivity index (χ1v) is 7.55. The summed E-state index contributed by atoms with van der Waals surface area (Å²) in [6.45, 7) is 2.76. The van der Waals surface area contributed by atoms with Crippen LogP contribution in [0.3, 0.4) is 0 Å². The summed E-state index contributed by atoms with van der Waals surface area (Å²) in [6, 6.07) is 16.9. The molecule has 1 nitrogen and oxygen atoms in total. The van der Waals surface area contributed by atoms with Gasteiger partial charge in [-0.3, -0.25) is 0 Å². The predicted molar refractivity (Wildman–Crippen MR) is 83.0 cm³/mol. The van der Waals surface area contributed by atoms with E-state index in [1.54, 1.807) is 0 Å². The number of halogens is 1. The lowest BCUT2D eigenvalue weighted by Gasteiger charge is -2.15. The van der Waals surface area contributed by atoms with Gasteiger partial charge < -0.3 is 5.73 Å². The van der Waals surface area contributed by atoms with Crippen molar-refractivity contribution < 1.29 is 0 Å². The van der Waals surface area contributed by atoms with Crippen LogP contribution >= 0.6 is 27.7 Å². The lowest BCUT2D eigenvalue weighted by molar-refractivity contribution is 0.939. The molecule has 2 rings (SSSR count). The van der Waals surface area contributed by atoms with Crippen LogP contribution < -0.4 is 5.73 Å². The first kappa shape index (κ1) is 13.7.